The van der Waals surface area contributed by atoms with Crippen molar-refractivity contribution < 1.29 is 10.2 Å². The third-order valence-electron chi connectivity index (χ3n) is 3.43. The van der Waals surface area contributed by atoms with Crippen LogP contribution >= 0.6 is 0 Å². The number of aromatic hydroxyl groups is 2. The van der Waals surface area contributed by atoms with Crippen LogP contribution in [0.5, 0.6) is 11.5 Å². The van der Waals surface area contributed by atoms with Crippen LogP contribution in [0.15, 0.2) is 18.2 Å². The molecule has 2 rings (SSSR count). The van der Waals surface area contributed by atoms with Crippen LogP contribution in [0.3, 0.4) is 0 Å². The van der Waals surface area contributed by atoms with Crippen molar-refractivity contribution in [3.05, 3.63) is 23.8 Å². The van der Waals surface area contributed by atoms with E-state index in [1.807, 2.05) is 6.07 Å². The maximum absolute atomic E-state index is 9.41. The molecule has 1 fully saturated rings. The first kappa shape index (κ1) is 13.2. The first-order chi connectivity index (χ1) is 8.65. The fraction of sp³-hybridized carbons (Fsp3) is 0.571. The average molecular weight is 250 g/mol. The van der Waals surface area contributed by atoms with Gasteiger partial charge in [-0.1, -0.05) is 6.07 Å². The molecule has 0 radical (unpaired) electrons. The zero-order valence-electron chi connectivity index (χ0n) is 10.9. The lowest BCUT2D eigenvalue weighted by Crippen LogP contribution is -2.37. The first-order valence-corrected chi connectivity index (χ1v) is 6.62. The largest absolute Gasteiger partial charge is 0.504 e. The number of phenols is 2. The maximum atomic E-state index is 9.41. The van der Waals surface area contributed by atoms with Crippen LogP contribution in [0.1, 0.15) is 25.3 Å². The van der Waals surface area contributed by atoms with E-state index in [2.05, 4.69) is 17.1 Å². The van der Waals surface area contributed by atoms with Crippen LogP contribution < -0.4 is 5.32 Å². The molecule has 1 aliphatic rings. The summed E-state index contributed by atoms with van der Waals surface area (Å²) < 4.78 is 0. The molecule has 4 heteroatoms. The number of likely N-dealkylation sites (tertiary alicyclic amines) is 1. The molecule has 0 amide bonds. The molecule has 3 N–H and O–H groups in total. The van der Waals surface area contributed by atoms with Crippen LogP contribution in [0.4, 0.5) is 0 Å². The zero-order valence-corrected chi connectivity index (χ0v) is 10.9. The van der Waals surface area contributed by atoms with E-state index >= 15 is 0 Å². The van der Waals surface area contributed by atoms with Crippen LogP contribution in [-0.2, 0) is 6.54 Å². The molecule has 18 heavy (non-hydrogen) atoms. The van der Waals surface area contributed by atoms with E-state index in [0.29, 0.717) is 12.6 Å². The zero-order chi connectivity index (χ0) is 13.0. The number of phenolic OH excluding ortho intramolecular Hbond substituents is 2. The Kier molecular flexibility index (Phi) is 4.44. The van der Waals surface area contributed by atoms with Gasteiger partial charge in [0.1, 0.15) is 0 Å². The molecule has 0 saturated carbocycles. The third-order valence-corrected chi connectivity index (χ3v) is 3.43. The lowest BCUT2D eigenvalue weighted by molar-refractivity contribution is 0.298. The Bertz CT molecular complexity index is 389. The molecule has 1 atom stereocenters. The van der Waals surface area contributed by atoms with Crippen molar-refractivity contribution in [2.24, 2.45) is 0 Å². The van der Waals surface area contributed by atoms with Crippen LogP contribution in [0.25, 0.3) is 0 Å². The summed E-state index contributed by atoms with van der Waals surface area (Å²) in [6, 6.07) is 5.38. The van der Waals surface area contributed by atoms with E-state index in [-0.39, 0.29) is 11.5 Å². The van der Waals surface area contributed by atoms with Gasteiger partial charge in [-0.3, -0.25) is 0 Å². The molecule has 1 heterocycles. The van der Waals surface area contributed by atoms with Crippen molar-refractivity contribution in [2.75, 3.05) is 19.6 Å². The predicted octanol–water partition coefficient (Wildman–Crippen LogP) is 1.67. The number of nitrogens with zero attached hydrogens (tertiary/aromatic N) is 1. The summed E-state index contributed by atoms with van der Waals surface area (Å²) >= 11 is 0. The molecule has 1 unspecified atom stereocenters. The lowest BCUT2D eigenvalue weighted by atomic mass is 10.2. The highest BCUT2D eigenvalue weighted by Crippen LogP contribution is 2.24. The summed E-state index contributed by atoms with van der Waals surface area (Å²) in [5.41, 5.74) is 0.985. The minimum atomic E-state index is -0.0659. The minimum Gasteiger partial charge on any atom is -0.504 e. The average Bonchev–Trinajstić information content (AvgIpc) is 2.83. The summed E-state index contributed by atoms with van der Waals surface area (Å²) in [4.78, 5) is 2.48. The van der Waals surface area contributed by atoms with Crippen molar-refractivity contribution in [1.29, 1.82) is 0 Å². The van der Waals surface area contributed by atoms with Crippen LogP contribution in [0.2, 0.25) is 0 Å². The molecule has 4 nitrogen and oxygen atoms in total. The van der Waals surface area contributed by atoms with Gasteiger partial charge in [-0.25, -0.2) is 0 Å². The van der Waals surface area contributed by atoms with E-state index in [1.54, 1.807) is 6.07 Å². The molecule has 100 valence electrons. The van der Waals surface area contributed by atoms with Gasteiger partial charge in [-0.2, -0.15) is 0 Å². The van der Waals surface area contributed by atoms with Gasteiger partial charge in [0.25, 0.3) is 0 Å². The predicted molar refractivity (Wildman–Crippen MR) is 71.7 cm³/mol. The molecule has 0 bridgehead atoms. The molecule has 0 aliphatic carbocycles. The van der Waals surface area contributed by atoms with Crippen LogP contribution in [-0.4, -0.2) is 40.8 Å². The van der Waals surface area contributed by atoms with Crippen LogP contribution in [0, 0.1) is 0 Å². The SMILES string of the molecule is CC(CN1CCCC1)NCc1ccc(O)c(O)c1. The number of nitrogens with one attached hydrogen (secondary N) is 1. The van der Waals surface area contributed by atoms with Gasteiger partial charge in [0, 0.05) is 19.1 Å². The summed E-state index contributed by atoms with van der Waals surface area (Å²) in [6.07, 6.45) is 2.64. The molecule has 0 aromatic heterocycles. The van der Waals surface area contributed by atoms with E-state index in [4.69, 9.17) is 0 Å². The third kappa shape index (κ3) is 3.62. The first-order valence-electron chi connectivity index (χ1n) is 6.62. The normalized spacial score (nSPS) is 18.1. The van der Waals surface area contributed by atoms with E-state index in [1.165, 1.54) is 32.0 Å². The van der Waals surface area contributed by atoms with Gasteiger partial charge >= 0.3 is 0 Å². The van der Waals surface area contributed by atoms with E-state index < -0.39 is 0 Å². The Balaban J connectivity index is 1.77. The fourth-order valence-electron chi connectivity index (χ4n) is 2.39. The smallest absolute Gasteiger partial charge is 0.157 e. The minimum absolute atomic E-state index is 0.0542. The molecular weight excluding hydrogens is 228 g/mol. The summed E-state index contributed by atoms with van der Waals surface area (Å²) in [6.45, 7) is 6.39. The number of benzene rings is 1. The number of rotatable bonds is 5. The van der Waals surface area contributed by atoms with Gasteiger partial charge in [0.15, 0.2) is 11.5 Å². The van der Waals surface area contributed by atoms with Gasteiger partial charge < -0.3 is 20.4 Å². The van der Waals surface area contributed by atoms with Crippen molar-refractivity contribution in [2.45, 2.75) is 32.4 Å². The van der Waals surface area contributed by atoms with Gasteiger partial charge in [-0.05, 0) is 50.6 Å². The van der Waals surface area contributed by atoms with Gasteiger partial charge in [0.05, 0.1) is 0 Å². The molecule has 1 aliphatic heterocycles. The van der Waals surface area contributed by atoms with Gasteiger partial charge in [0.2, 0.25) is 0 Å². The topological polar surface area (TPSA) is 55.7 Å². The van der Waals surface area contributed by atoms with Crippen molar-refractivity contribution >= 4 is 0 Å². The lowest BCUT2D eigenvalue weighted by Gasteiger charge is -2.21. The molecule has 1 aromatic carbocycles. The Morgan fingerprint density at radius 3 is 2.61 bits per heavy atom. The van der Waals surface area contributed by atoms with Crippen molar-refractivity contribution in [1.82, 2.24) is 10.2 Å². The molecule has 1 aromatic rings. The Hall–Kier alpha value is -1.26. The van der Waals surface area contributed by atoms with E-state index in [0.717, 1.165) is 12.1 Å². The Labute approximate surface area is 108 Å². The van der Waals surface area contributed by atoms with Crippen molar-refractivity contribution in [3.63, 3.8) is 0 Å². The summed E-state index contributed by atoms with van der Waals surface area (Å²) in [5, 5.41) is 22.1. The van der Waals surface area contributed by atoms with E-state index in [9.17, 15) is 10.2 Å². The molecule has 0 spiro atoms. The highest BCUT2D eigenvalue weighted by molar-refractivity contribution is 5.40. The fourth-order valence-corrected chi connectivity index (χ4v) is 2.39. The summed E-state index contributed by atoms with van der Waals surface area (Å²) in [7, 11) is 0. The second-order valence-corrected chi connectivity index (χ2v) is 5.11. The second-order valence-electron chi connectivity index (χ2n) is 5.11. The second kappa shape index (κ2) is 6.07. The van der Waals surface area contributed by atoms with Crippen molar-refractivity contribution in [3.8, 4) is 11.5 Å². The molecular formula is C14H22N2O2. The number of hydrogen-bond donors (Lipinski definition) is 3. The quantitative estimate of drug-likeness (QED) is 0.696. The maximum Gasteiger partial charge on any atom is 0.157 e. The van der Waals surface area contributed by atoms with Gasteiger partial charge in [-0.15, -0.1) is 0 Å². The Morgan fingerprint density at radius 1 is 1.22 bits per heavy atom. The standard InChI is InChI=1S/C14H22N2O2/c1-11(10-16-6-2-3-7-16)15-9-12-4-5-13(17)14(18)8-12/h4-5,8,11,15,17-18H,2-3,6-7,9-10H2,1H3. The monoisotopic (exact) mass is 250 g/mol. The number of hydrogen-bond acceptors (Lipinski definition) is 4. The summed E-state index contributed by atoms with van der Waals surface area (Å²) in [5.74, 6) is -0.120. The highest BCUT2D eigenvalue weighted by Gasteiger charge is 2.14. The molecule has 1 saturated heterocycles. The Morgan fingerprint density at radius 2 is 1.94 bits per heavy atom. The highest BCUT2D eigenvalue weighted by atomic mass is 16.3.